The van der Waals surface area contributed by atoms with Crippen LogP contribution in [0, 0.1) is 4.91 Å². The second-order valence-electron chi connectivity index (χ2n) is 2.82. The van der Waals surface area contributed by atoms with Crippen LogP contribution in [0.4, 0.5) is 5.13 Å². The number of anilines is 1. The van der Waals surface area contributed by atoms with E-state index in [2.05, 4.69) is 15.5 Å². The van der Waals surface area contributed by atoms with Gasteiger partial charge in [0, 0.05) is 0 Å². The molecule has 0 saturated carbocycles. The van der Waals surface area contributed by atoms with Gasteiger partial charge in [-0.25, -0.2) is 4.98 Å². The average Bonchev–Trinajstić information content (AvgIpc) is 2.59. The number of hydrogen-bond acceptors (Lipinski definition) is 5. The molecule has 76 valence electrons. The Morgan fingerprint density at radius 1 is 1.47 bits per heavy atom. The Balaban J connectivity index is 2.22. The van der Waals surface area contributed by atoms with Gasteiger partial charge in [0.25, 0.3) is 5.91 Å². The molecular weight excluding hydrogens is 214 g/mol. The van der Waals surface area contributed by atoms with Gasteiger partial charge in [-0.1, -0.05) is 28.6 Å². The van der Waals surface area contributed by atoms with Crippen molar-refractivity contribution in [3.05, 3.63) is 29.2 Å². The quantitative estimate of drug-likeness (QED) is 0.806. The van der Waals surface area contributed by atoms with Crippen molar-refractivity contribution in [3.8, 4) is 0 Å². The Bertz CT molecular complexity index is 476. The van der Waals surface area contributed by atoms with E-state index in [9.17, 15) is 9.70 Å². The number of carbonyl (C=O) groups is 1. The first-order chi connectivity index (χ1) is 7.29. The van der Waals surface area contributed by atoms with E-state index >= 15 is 0 Å². The predicted molar refractivity (Wildman–Crippen MR) is 58.9 cm³/mol. The largest absolute Gasteiger partial charge is 0.300 e. The van der Waals surface area contributed by atoms with Crippen molar-refractivity contribution >= 4 is 32.6 Å². The molecule has 0 aliphatic heterocycles. The van der Waals surface area contributed by atoms with Crippen molar-refractivity contribution in [3.63, 3.8) is 0 Å². The fourth-order valence-electron chi connectivity index (χ4n) is 1.14. The van der Waals surface area contributed by atoms with Crippen LogP contribution in [0.5, 0.6) is 0 Å². The first-order valence-corrected chi connectivity index (χ1v) is 5.06. The smallest absolute Gasteiger partial charge is 0.251 e. The third-order valence-electron chi connectivity index (χ3n) is 1.75. The number of nitrogens with zero attached hydrogens (tertiary/aromatic N) is 2. The summed E-state index contributed by atoms with van der Waals surface area (Å²) in [6, 6.07) is 7.56. The van der Waals surface area contributed by atoms with E-state index < -0.39 is 5.91 Å². The predicted octanol–water partition coefficient (Wildman–Crippen LogP) is 2.00. The Kier molecular flexibility index (Phi) is 2.68. The number of hydrogen-bond donors (Lipinski definition) is 1. The minimum absolute atomic E-state index is 0.379. The van der Waals surface area contributed by atoms with Crippen molar-refractivity contribution in [1.29, 1.82) is 0 Å². The Morgan fingerprint density at radius 2 is 2.27 bits per heavy atom. The van der Waals surface area contributed by atoms with Crippen molar-refractivity contribution in [1.82, 2.24) is 4.98 Å². The summed E-state index contributed by atoms with van der Waals surface area (Å²) in [6.07, 6.45) is 0. The maximum absolute atomic E-state index is 11.1. The normalized spacial score (nSPS) is 10.1. The van der Waals surface area contributed by atoms with Gasteiger partial charge in [0.15, 0.2) is 11.7 Å². The summed E-state index contributed by atoms with van der Waals surface area (Å²) in [5.74, 6) is -0.441. The SMILES string of the molecule is O=NCC(=O)Nc1nc2ccccc2s1. The van der Waals surface area contributed by atoms with Gasteiger partial charge >= 0.3 is 0 Å². The van der Waals surface area contributed by atoms with Gasteiger partial charge in [-0.15, -0.1) is 0 Å². The van der Waals surface area contributed by atoms with Crippen LogP contribution in [0.15, 0.2) is 29.4 Å². The van der Waals surface area contributed by atoms with E-state index in [1.165, 1.54) is 11.3 Å². The van der Waals surface area contributed by atoms with Gasteiger partial charge < -0.3 is 5.32 Å². The van der Waals surface area contributed by atoms with Gasteiger partial charge in [0.1, 0.15) is 0 Å². The van der Waals surface area contributed by atoms with E-state index in [4.69, 9.17) is 0 Å². The molecular formula is C9H7N3O2S. The van der Waals surface area contributed by atoms with Crippen LogP contribution >= 0.6 is 11.3 Å². The fourth-order valence-corrected chi connectivity index (χ4v) is 2.03. The number of thiazole rings is 1. The molecule has 0 fully saturated rings. The molecule has 6 heteroatoms. The summed E-state index contributed by atoms with van der Waals surface area (Å²) < 4.78 is 0.992. The van der Waals surface area contributed by atoms with Crippen molar-refractivity contribution in [2.24, 2.45) is 5.18 Å². The zero-order valence-corrected chi connectivity index (χ0v) is 8.45. The number of rotatable bonds is 3. The number of nitrogens with one attached hydrogen (secondary N) is 1. The minimum atomic E-state index is -0.441. The number of fused-ring (bicyclic) bond motifs is 1. The van der Waals surface area contributed by atoms with Crippen molar-refractivity contribution in [2.75, 3.05) is 11.9 Å². The van der Waals surface area contributed by atoms with Crippen LogP contribution in [0.25, 0.3) is 10.2 Å². The van der Waals surface area contributed by atoms with Crippen LogP contribution in [0.2, 0.25) is 0 Å². The number of nitroso groups, excluding NO2 is 1. The topological polar surface area (TPSA) is 71.4 Å². The van der Waals surface area contributed by atoms with E-state index in [0.29, 0.717) is 5.13 Å². The molecule has 0 aliphatic carbocycles. The van der Waals surface area contributed by atoms with Crippen LogP contribution < -0.4 is 5.32 Å². The summed E-state index contributed by atoms with van der Waals surface area (Å²) in [7, 11) is 0. The molecule has 1 aromatic heterocycles. The number of aromatic nitrogens is 1. The number of amides is 1. The molecule has 0 aliphatic rings. The molecule has 0 bridgehead atoms. The number of carbonyl (C=O) groups excluding carboxylic acids is 1. The lowest BCUT2D eigenvalue weighted by molar-refractivity contribution is -0.114. The monoisotopic (exact) mass is 221 g/mol. The van der Waals surface area contributed by atoms with Crippen LogP contribution in [-0.2, 0) is 4.79 Å². The summed E-state index contributed by atoms with van der Waals surface area (Å²) in [4.78, 5) is 25.1. The Labute approximate surface area is 89.1 Å². The number of para-hydroxylation sites is 1. The van der Waals surface area contributed by atoms with Gasteiger partial charge in [-0.05, 0) is 12.1 Å². The lowest BCUT2D eigenvalue weighted by Gasteiger charge is -1.94. The van der Waals surface area contributed by atoms with Crippen LogP contribution in [0.3, 0.4) is 0 Å². The molecule has 0 unspecified atom stereocenters. The molecule has 5 nitrogen and oxygen atoms in total. The first-order valence-electron chi connectivity index (χ1n) is 4.24. The lowest BCUT2D eigenvalue weighted by Crippen LogP contribution is -2.13. The van der Waals surface area contributed by atoms with E-state index in [0.717, 1.165) is 10.2 Å². The molecule has 2 aromatic rings. The number of benzene rings is 1. The molecule has 1 aromatic carbocycles. The molecule has 1 N–H and O–H groups in total. The highest BCUT2D eigenvalue weighted by Gasteiger charge is 2.06. The van der Waals surface area contributed by atoms with Gasteiger partial charge in [-0.2, -0.15) is 4.91 Å². The summed E-state index contributed by atoms with van der Waals surface area (Å²) in [5, 5.41) is 5.50. The standard InChI is InChI=1S/C9H7N3O2S/c13-8(5-10-14)12-9-11-6-3-1-2-4-7(6)15-9/h1-4H,5H2,(H,11,12,13). The zero-order valence-electron chi connectivity index (χ0n) is 7.64. The maximum atomic E-state index is 11.1. The summed E-state index contributed by atoms with van der Waals surface area (Å²) >= 11 is 1.36. The molecule has 15 heavy (non-hydrogen) atoms. The first kappa shape index (κ1) is 9.72. The molecule has 0 atom stereocenters. The van der Waals surface area contributed by atoms with Crippen LogP contribution in [-0.4, -0.2) is 17.4 Å². The second kappa shape index (κ2) is 4.14. The van der Waals surface area contributed by atoms with Gasteiger partial charge in [0.2, 0.25) is 0 Å². The second-order valence-corrected chi connectivity index (χ2v) is 3.85. The van der Waals surface area contributed by atoms with Crippen LogP contribution in [0.1, 0.15) is 0 Å². The molecule has 0 spiro atoms. The molecule has 0 saturated heterocycles. The van der Waals surface area contributed by atoms with Crippen molar-refractivity contribution in [2.45, 2.75) is 0 Å². The zero-order chi connectivity index (χ0) is 10.7. The lowest BCUT2D eigenvalue weighted by atomic mass is 10.3. The van der Waals surface area contributed by atoms with Crippen molar-refractivity contribution < 1.29 is 4.79 Å². The third kappa shape index (κ3) is 2.16. The highest BCUT2D eigenvalue weighted by Crippen LogP contribution is 2.25. The fraction of sp³-hybridized carbons (Fsp3) is 0.111. The third-order valence-corrected chi connectivity index (χ3v) is 2.70. The highest BCUT2D eigenvalue weighted by atomic mass is 32.1. The van der Waals surface area contributed by atoms with Gasteiger partial charge in [0.05, 0.1) is 10.2 Å². The molecule has 2 rings (SSSR count). The van der Waals surface area contributed by atoms with E-state index in [1.54, 1.807) is 0 Å². The minimum Gasteiger partial charge on any atom is -0.300 e. The highest BCUT2D eigenvalue weighted by molar-refractivity contribution is 7.22. The van der Waals surface area contributed by atoms with Gasteiger partial charge in [-0.3, -0.25) is 4.79 Å². The Morgan fingerprint density at radius 3 is 3.00 bits per heavy atom. The summed E-state index contributed by atoms with van der Waals surface area (Å²) in [5.41, 5.74) is 0.830. The average molecular weight is 221 g/mol. The molecule has 1 heterocycles. The molecule has 1 amide bonds. The summed E-state index contributed by atoms with van der Waals surface area (Å²) in [6.45, 7) is -0.379. The van der Waals surface area contributed by atoms with E-state index in [1.807, 2.05) is 24.3 Å². The maximum Gasteiger partial charge on any atom is 0.251 e. The molecule has 0 radical (unpaired) electrons. The van der Waals surface area contributed by atoms with E-state index in [-0.39, 0.29) is 6.54 Å². The Hall–Kier alpha value is -1.82.